The molecule has 2 aliphatic rings. The van der Waals surface area contributed by atoms with Crippen LogP contribution in [0.3, 0.4) is 0 Å². The molecule has 0 aliphatic carbocycles. The first-order chi connectivity index (χ1) is 16.5. The third-order valence-corrected chi connectivity index (χ3v) is 5.44. The smallest absolute Gasteiger partial charge is 0.261 e. The molecule has 5 rings (SSSR count). The van der Waals surface area contributed by atoms with Gasteiger partial charge in [0.2, 0.25) is 11.6 Å². The molecule has 2 aromatic carbocycles. The van der Waals surface area contributed by atoms with Gasteiger partial charge in [0.25, 0.3) is 5.91 Å². The number of fused-ring (bicyclic) bond motifs is 1. The maximum atomic E-state index is 14.0. The number of rotatable bonds is 5. The fraction of sp³-hybridized carbons (Fsp3) is 0.120. The van der Waals surface area contributed by atoms with Gasteiger partial charge in [-0.15, -0.1) is 0 Å². The lowest BCUT2D eigenvalue weighted by Gasteiger charge is -2.16. The fourth-order valence-electron chi connectivity index (χ4n) is 3.81. The highest BCUT2D eigenvalue weighted by Gasteiger charge is 2.34. The Labute approximate surface area is 192 Å². The van der Waals surface area contributed by atoms with Crippen LogP contribution in [0.4, 0.5) is 13.2 Å². The first kappa shape index (κ1) is 21.6. The van der Waals surface area contributed by atoms with Crippen molar-refractivity contribution in [1.29, 1.82) is 0 Å². The van der Waals surface area contributed by atoms with Gasteiger partial charge in [0.15, 0.2) is 11.6 Å². The van der Waals surface area contributed by atoms with E-state index in [1.807, 2.05) is 36.6 Å². The average molecular weight is 462 g/mol. The molecule has 0 saturated heterocycles. The average Bonchev–Trinajstić information content (AvgIpc) is 2.98. The lowest BCUT2D eigenvalue weighted by molar-refractivity contribution is 0.0764. The Morgan fingerprint density at radius 3 is 2.56 bits per heavy atom. The van der Waals surface area contributed by atoms with Crippen molar-refractivity contribution >= 4 is 17.7 Å². The van der Waals surface area contributed by atoms with Crippen molar-refractivity contribution in [3.63, 3.8) is 0 Å². The zero-order valence-electron chi connectivity index (χ0n) is 17.7. The number of carbonyl (C=O) groups is 1. The zero-order valence-corrected chi connectivity index (χ0v) is 17.7. The van der Waals surface area contributed by atoms with Crippen LogP contribution in [-0.2, 0) is 13.1 Å². The molecule has 34 heavy (non-hydrogen) atoms. The van der Waals surface area contributed by atoms with Gasteiger partial charge in [0, 0.05) is 37.5 Å². The second-order valence-corrected chi connectivity index (χ2v) is 7.70. The van der Waals surface area contributed by atoms with Crippen LogP contribution in [0.2, 0.25) is 0 Å². The molecule has 2 aliphatic heterocycles. The zero-order chi connectivity index (χ0) is 23.7. The minimum absolute atomic E-state index is 0.0241. The van der Waals surface area contributed by atoms with E-state index in [2.05, 4.69) is 21.0 Å². The van der Waals surface area contributed by atoms with E-state index in [0.717, 1.165) is 29.4 Å². The molecule has 0 fully saturated rings. The topological polar surface area (TPSA) is 67.7 Å². The summed E-state index contributed by atoms with van der Waals surface area (Å²) in [7, 11) is 0. The Hall–Kier alpha value is -4.27. The van der Waals surface area contributed by atoms with E-state index < -0.39 is 29.1 Å². The van der Waals surface area contributed by atoms with Gasteiger partial charge in [-0.25, -0.2) is 23.1 Å². The van der Waals surface area contributed by atoms with Gasteiger partial charge in [-0.05, 0) is 22.8 Å². The minimum atomic E-state index is -1.24. The van der Waals surface area contributed by atoms with E-state index in [4.69, 9.17) is 4.74 Å². The normalized spacial score (nSPS) is 14.7. The monoisotopic (exact) mass is 462 g/mol. The van der Waals surface area contributed by atoms with E-state index in [1.54, 1.807) is 6.20 Å². The largest absolute Gasteiger partial charge is 0.432 e. The molecule has 170 valence electrons. The fourth-order valence-corrected chi connectivity index (χ4v) is 3.81. The molecule has 0 N–H and O–H groups in total. The van der Waals surface area contributed by atoms with Gasteiger partial charge in [0.1, 0.15) is 17.7 Å². The summed E-state index contributed by atoms with van der Waals surface area (Å²) in [6, 6.07) is 8.78. The van der Waals surface area contributed by atoms with Crippen LogP contribution < -0.4 is 4.74 Å². The Morgan fingerprint density at radius 1 is 1.03 bits per heavy atom. The maximum absolute atomic E-state index is 14.0. The Morgan fingerprint density at radius 2 is 1.79 bits per heavy atom. The molecule has 0 atom stereocenters. The van der Waals surface area contributed by atoms with Gasteiger partial charge in [-0.3, -0.25) is 9.79 Å². The number of nitrogens with zero attached hydrogens (tertiary/aromatic N) is 4. The first-order valence-electron chi connectivity index (χ1n) is 10.4. The summed E-state index contributed by atoms with van der Waals surface area (Å²) < 4.78 is 46.5. The van der Waals surface area contributed by atoms with Gasteiger partial charge in [-0.1, -0.05) is 30.3 Å². The summed E-state index contributed by atoms with van der Waals surface area (Å²) in [4.78, 5) is 26.7. The van der Waals surface area contributed by atoms with Crippen molar-refractivity contribution in [3.05, 3.63) is 101 Å². The van der Waals surface area contributed by atoms with Gasteiger partial charge in [-0.2, -0.15) is 0 Å². The van der Waals surface area contributed by atoms with Crippen molar-refractivity contribution in [2.45, 2.75) is 19.5 Å². The van der Waals surface area contributed by atoms with Crippen molar-refractivity contribution < 1.29 is 22.7 Å². The number of hydrogen-bond donors (Lipinski definition) is 0. The molecule has 1 aromatic heterocycles. The van der Waals surface area contributed by atoms with Crippen molar-refractivity contribution in [2.75, 3.05) is 0 Å². The van der Waals surface area contributed by atoms with Gasteiger partial charge < -0.3 is 9.64 Å². The van der Waals surface area contributed by atoms with E-state index in [0.29, 0.717) is 24.4 Å². The number of carbonyl (C=O) groups excluding carboxylic acids is 1. The van der Waals surface area contributed by atoms with Crippen LogP contribution in [0.25, 0.3) is 5.57 Å². The number of hydrogen-bond acceptors (Lipinski definition) is 5. The highest BCUT2D eigenvalue weighted by atomic mass is 19.1. The summed E-state index contributed by atoms with van der Waals surface area (Å²) in [5, 5.41) is 0. The second kappa shape index (κ2) is 8.93. The number of amides is 1. The highest BCUT2D eigenvalue weighted by Crippen LogP contribution is 2.34. The number of benzene rings is 2. The van der Waals surface area contributed by atoms with Crippen molar-refractivity contribution in [2.24, 2.45) is 4.99 Å². The second-order valence-electron chi connectivity index (χ2n) is 7.70. The van der Waals surface area contributed by atoms with Crippen molar-refractivity contribution in [1.82, 2.24) is 14.9 Å². The summed E-state index contributed by atoms with van der Waals surface area (Å²) in [6.07, 6.45) is 9.49. The van der Waals surface area contributed by atoms with Crippen LogP contribution in [0.1, 0.15) is 33.6 Å². The summed E-state index contributed by atoms with van der Waals surface area (Å²) in [5.74, 6) is -5.11. The van der Waals surface area contributed by atoms with Gasteiger partial charge >= 0.3 is 0 Å². The molecular formula is C25H17F3N4O2. The number of halogens is 3. The number of ether oxygens (including phenoxy) is 1. The van der Waals surface area contributed by atoms with Crippen LogP contribution in [0.5, 0.6) is 11.6 Å². The predicted molar refractivity (Wildman–Crippen MR) is 119 cm³/mol. The number of aromatic nitrogens is 2. The van der Waals surface area contributed by atoms with E-state index in [9.17, 15) is 18.0 Å². The molecule has 0 bridgehead atoms. The van der Waals surface area contributed by atoms with E-state index in [-0.39, 0.29) is 18.0 Å². The van der Waals surface area contributed by atoms with Crippen LogP contribution in [0.15, 0.2) is 66.1 Å². The SMILES string of the molecule is O=C1c2c(ncnc2Oc2c(F)cc(F)cc2F)CN1Cc1ccc(C2=CCC=NC=C2)cc1. The van der Waals surface area contributed by atoms with Crippen LogP contribution in [0, 0.1) is 17.5 Å². The summed E-state index contributed by atoms with van der Waals surface area (Å²) in [5.41, 5.74) is 3.39. The molecule has 0 saturated carbocycles. The lowest BCUT2D eigenvalue weighted by Crippen LogP contribution is -2.23. The Balaban J connectivity index is 1.35. The third-order valence-electron chi connectivity index (χ3n) is 5.44. The molecule has 0 unspecified atom stereocenters. The molecule has 1 amide bonds. The summed E-state index contributed by atoms with van der Waals surface area (Å²) >= 11 is 0. The third kappa shape index (κ3) is 4.19. The van der Waals surface area contributed by atoms with E-state index in [1.165, 1.54) is 4.90 Å². The first-order valence-corrected chi connectivity index (χ1v) is 10.4. The highest BCUT2D eigenvalue weighted by molar-refractivity contribution is 5.99. The van der Waals surface area contributed by atoms with Crippen LogP contribution >= 0.6 is 0 Å². The summed E-state index contributed by atoms with van der Waals surface area (Å²) in [6.45, 7) is 0.487. The minimum Gasteiger partial charge on any atom is -0.432 e. The van der Waals surface area contributed by atoms with Crippen LogP contribution in [-0.4, -0.2) is 27.0 Å². The maximum Gasteiger partial charge on any atom is 0.261 e. The molecule has 9 heteroatoms. The molecule has 0 radical (unpaired) electrons. The molecule has 6 nitrogen and oxygen atoms in total. The van der Waals surface area contributed by atoms with Gasteiger partial charge in [0.05, 0.1) is 12.2 Å². The molecule has 0 spiro atoms. The quantitative estimate of drug-likeness (QED) is 0.522. The molecule has 3 aromatic rings. The lowest BCUT2D eigenvalue weighted by atomic mass is 10.0. The molecular weight excluding hydrogens is 445 g/mol. The number of aliphatic imine (C=N–C) groups is 1. The van der Waals surface area contributed by atoms with Crippen molar-refractivity contribution in [3.8, 4) is 11.6 Å². The van der Waals surface area contributed by atoms with E-state index >= 15 is 0 Å². The number of allylic oxidation sites excluding steroid dienone is 3. The predicted octanol–water partition coefficient (Wildman–Crippen LogP) is 5.21. The Bertz CT molecular complexity index is 1340. The Kier molecular flexibility index (Phi) is 5.67. The standard InChI is InChI=1S/C25H17F3N4O2/c26-18-10-19(27)23(20(28)11-18)34-24-22-21(30-14-31-24)13-32(25(22)33)12-15-3-5-17(6-4-15)16-2-1-8-29-9-7-16/h2-11,14H,1,12-13H2. The molecule has 3 heterocycles.